The molecule has 1 aromatic rings. The third-order valence-electron chi connectivity index (χ3n) is 2.39. The minimum Gasteiger partial charge on any atom is -0.494 e. The normalized spacial score (nSPS) is 10.0. The van der Waals surface area contributed by atoms with Crippen LogP contribution in [0.2, 0.25) is 0 Å². The zero-order chi connectivity index (χ0) is 13.9. The molecule has 106 valence electrons. The van der Waals surface area contributed by atoms with E-state index in [0.29, 0.717) is 19.8 Å². The highest BCUT2D eigenvalue weighted by atomic mass is 16.5. The van der Waals surface area contributed by atoms with Crippen LogP contribution in [0.5, 0.6) is 5.75 Å². The second kappa shape index (κ2) is 9.22. The fourth-order valence-electron chi connectivity index (χ4n) is 1.45. The summed E-state index contributed by atoms with van der Waals surface area (Å²) in [4.78, 5) is 11.5. The minimum absolute atomic E-state index is 0.0584. The van der Waals surface area contributed by atoms with Crippen molar-refractivity contribution in [2.75, 3.05) is 38.7 Å². The predicted octanol–water partition coefficient (Wildman–Crippen LogP) is 1.65. The molecule has 5 heteroatoms. The molecule has 0 fully saturated rings. The summed E-state index contributed by atoms with van der Waals surface area (Å²) in [5.41, 5.74) is 0.871. The number of hydrogen-bond donors (Lipinski definition) is 2. The Bertz CT molecular complexity index is 383. The van der Waals surface area contributed by atoms with Crippen LogP contribution < -0.4 is 15.4 Å². The standard InChI is InChI=1S/C14H22N2O3/c1-3-8-19-13-6-4-5-12(10-13)16-11-14(17)15-7-9-18-2/h4-6,10,16H,3,7-9,11H2,1-2H3,(H,15,17). The van der Waals surface area contributed by atoms with Crippen LogP contribution in [-0.2, 0) is 9.53 Å². The molecule has 0 saturated carbocycles. The SMILES string of the molecule is CCCOc1cccc(NCC(=O)NCCOC)c1. The molecule has 0 spiro atoms. The van der Waals surface area contributed by atoms with Crippen molar-refractivity contribution in [3.63, 3.8) is 0 Å². The molecule has 0 atom stereocenters. The van der Waals surface area contributed by atoms with E-state index >= 15 is 0 Å². The van der Waals surface area contributed by atoms with Gasteiger partial charge in [0.15, 0.2) is 0 Å². The largest absolute Gasteiger partial charge is 0.494 e. The Morgan fingerprint density at radius 1 is 1.32 bits per heavy atom. The minimum atomic E-state index is -0.0584. The van der Waals surface area contributed by atoms with Crippen molar-refractivity contribution in [2.24, 2.45) is 0 Å². The Hall–Kier alpha value is -1.75. The van der Waals surface area contributed by atoms with Gasteiger partial charge in [0.1, 0.15) is 5.75 Å². The Morgan fingerprint density at radius 3 is 2.89 bits per heavy atom. The summed E-state index contributed by atoms with van der Waals surface area (Å²) in [6.07, 6.45) is 0.972. The van der Waals surface area contributed by atoms with E-state index in [1.54, 1.807) is 7.11 Å². The summed E-state index contributed by atoms with van der Waals surface area (Å²) in [7, 11) is 1.60. The summed E-state index contributed by atoms with van der Waals surface area (Å²) in [5.74, 6) is 0.753. The van der Waals surface area contributed by atoms with E-state index < -0.39 is 0 Å². The van der Waals surface area contributed by atoms with Crippen LogP contribution in [0.3, 0.4) is 0 Å². The number of amides is 1. The lowest BCUT2D eigenvalue weighted by Gasteiger charge is -2.09. The first-order valence-corrected chi connectivity index (χ1v) is 6.48. The predicted molar refractivity (Wildman–Crippen MR) is 75.6 cm³/mol. The number of carbonyl (C=O) groups is 1. The third kappa shape index (κ3) is 6.67. The van der Waals surface area contributed by atoms with Gasteiger partial charge in [0.05, 0.1) is 19.8 Å². The number of methoxy groups -OCH3 is 1. The summed E-state index contributed by atoms with van der Waals surface area (Å²) < 4.78 is 10.4. The van der Waals surface area contributed by atoms with Gasteiger partial charge in [-0.15, -0.1) is 0 Å². The first-order chi connectivity index (χ1) is 9.26. The van der Waals surface area contributed by atoms with Crippen LogP contribution in [0.15, 0.2) is 24.3 Å². The number of hydrogen-bond acceptors (Lipinski definition) is 4. The Balaban J connectivity index is 2.33. The van der Waals surface area contributed by atoms with Crippen LogP contribution in [0.25, 0.3) is 0 Å². The molecule has 0 radical (unpaired) electrons. The Kier molecular flexibility index (Phi) is 7.43. The van der Waals surface area contributed by atoms with Crippen molar-refractivity contribution in [2.45, 2.75) is 13.3 Å². The number of anilines is 1. The van der Waals surface area contributed by atoms with Gasteiger partial charge >= 0.3 is 0 Å². The quantitative estimate of drug-likeness (QED) is 0.667. The van der Waals surface area contributed by atoms with Crippen molar-refractivity contribution in [1.82, 2.24) is 5.32 Å². The number of ether oxygens (including phenoxy) is 2. The smallest absolute Gasteiger partial charge is 0.239 e. The van der Waals surface area contributed by atoms with Crippen LogP contribution in [0.1, 0.15) is 13.3 Å². The number of carbonyl (C=O) groups excluding carboxylic acids is 1. The third-order valence-corrected chi connectivity index (χ3v) is 2.39. The van der Waals surface area contributed by atoms with Gasteiger partial charge < -0.3 is 20.1 Å². The average molecular weight is 266 g/mol. The highest BCUT2D eigenvalue weighted by molar-refractivity contribution is 5.80. The highest BCUT2D eigenvalue weighted by Crippen LogP contribution is 2.17. The number of rotatable bonds is 9. The lowest BCUT2D eigenvalue weighted by molar-refractivity contribution is -0.119. The van der Waals surface area contributed by atoms with E-state index in [0.717, 1.165) is 17.9 Å². The monoisotopic (exact) mass is 266 g/mol. The van der Waals surface area contributed by atoms with Gasteiger partial charge in [0, 0.05) is 25.4 Å². The van der Waals surface area contributed by atoms with Crippen LogP contribution in [0, 0.1) is 0 Å². The molecule has 19 heavy (non-hydrogen) atoms. The van der Waals surface area contributed by atoms with E-state index in [2.05, 4.69) is 17.6 Å². The van der Waals surface area contributed by atoms with Gasteiger partial charge in [-0.3, -0.25) is 4.79 Å². The van der Waals surface area contributed by atoms with Gasteiger partial charge in [-0.05, 0) is 18.6 Å². The Morgan fingerprint density at radius 2 is 2.16 bits per heavy atom. The molecule has 1 amide bonds. The number of nitrogens with one attached hydrogen (secondary N) is 2. The molecule has 1 rings (SSSR count). The maximum atomic E-state index is 11.5. The van der Waals surface area contributed by atoms with E-state index in [9.17, 15) is 4.79 Å². The zero-order valence-electron chi connectivity index (χ0n) is 11.6. The fraction of sp³-hybridized carbons (Fsp3) is 0.500. The molecule has 0 aliphatic rings. The van der Waals surface area contributed by atoms with Crippen molar-refractivity contribution in [3.8, 4) is 5.75 Å². The van der Waals surface area contributed by atoms with Crippen molar-refractivity contribution in [3.05, 3.63) is 24.3 Å². The van der Waals surface area contributed by atoms with Gasteiger partial charge in [-0.1, -0.05) is 13.0 Å². The molecule has 0 saturated heterocycles. The van der Waals surface area contributed by atoms with E-state index in [1.807, 2.05) is 24.3 Å². The molecule has 0 heterocycles. The van der Waals surface area contributed by atoms with Crippen molar-refractivity contribution >= 4 is 11.6 Å². The average Bonchev–Trinajstić information content (AvgIpc) is 2.44. The summed E-state index contributed by atoms with van der Waals surface area (Å²) in [6.45, 7) is 4.04. The zero-order valence-corrected chi connectivity index (χ0v) is 11.6. The molecule has 1 aromatic carbocycles. The summed E-state index contributed by atoms with van der Waals surface area (Å²) in [5, 5.41) is 5.80. The molecule has 2 N–H and O–H groups in total. The summed E-state index contributed by atoms with van der Waals surface area (Å²) in [6, 6.07) is 7.59. The van der Waals surface area contributed by atoms with Crippen molar-refractivity contribution < 1.29 is 14.3 Å². The topological polar surface area (TPSA) is 59.6 Å². The molecule has 0 aliphatic heterocycles. The maximum Gasteiger partial charge on any atom is 0.239 e. The molecular weight excluding hydrogens is 244 g/mol. The van der Waals surface area contributed by atoms with E-state index in [1.165, 1.54) is 0 Å². The van der Waals surface area contributed by atoms with E-state index in [4.69, 9.17) is 9.47 Å². The number of benzene rings is 1. The van der Waals surface area contributed by atoms with Crippen LogP contribution >= 0.6 is 0 Å². The molecule has 0 unspecified atom stereocenters. The molecule has 0 aromatic heterocycles. The fourth-order valence-corrected chi connectivity index (χ4v) is 1.45. The maximum absolute atomic E-state index is 11.5. The van der Waals surface area contributed by atoms with Crippen LogP contribution in [0.4, 0.5) is 5.69 Å². The lowest BCUT2D eigenvalue weighted by atomic mass is 10.3. The lowest BCUT2D eigenvalue weighted by Crippen LogP contribution is -2.32. The highest BCUT2D eigenvalue weighted by Gasteiger charge is 2.01. The molecular formula is C14H22N2O3. The van der Waals surface area contributed by atoms with Gasteiger partial charge in [0.25, 0.3) is 0 Å². The van der Waals surface area contributed by atoms with E-state index in [-0.39, 0.29) is 12.5 Å². The van der Waals surface area contributed by atoms with Crippen molar-refractivity contribution in [1.29, 1.82) is 0 Å². The van der Waals surface area contributed by atoms with Gasteiger partial charge in [-0.2, -0.15) is 0 Å². The second-order valence-electron chi connectivity index (χ2n) is 4.07. The van der Waals surface area contributed by atoms with Crippen LogP contribution in [-0.4, -0.2) is 39.3 Å². The Labute approximate surface area is 114 Å². The second-order valence-corrected chi connectivity index (χ2v) is 4.07. The summed E-state index contributed by atoms with van der Waals surface area (Å²) >= 11 is 0. The first-order valence-electron chi connectivity index (χ1n) is 6.48. The molecule has 0 aliphatic carbocycles. The van der Waals surface area contributed by atoms with Gasteiger partial charge in [0.2, 0.25) is 5.91 Å². The molecule has 0 bridgehead atoms. The first kappa shape index (κ1) is 15.3. The van der Waals surface area contributed by atoms with Gasteiger partial charge in [-0.25, -0.2) is 0 Å². The molecule has 5 nitrogen and oxygen atoms in total.